The molecule has 0 saturated carbocycles. The van der Waals surface area contributed by atoms with Crippen LogP contribution in [0.2, 0.25) is 0 Å². The van der Waals surface area contributed by atoms with Gasteiger partial charge in [0.15, 0.2) is 0 Å². The van der Waals surface area contributed by atoms with Gasteiger partial charge in [-0.15, -0.1) is 0 Å². The van der Waals surface area contributed by atoms with E-state index in [9.17, 15) is 4.79 Å². The van der Waals surface area contributed by atoms with Crippen molar-refractivity contribution in [1.29, 1.82) is 0 Å². The number of hydrogen-bond acceptors (Lipinski definition) is 5. The largest absolute Gasteiger partial charge is 0.322 e. The fourth-order valence-electron chi connectivity index (χ4n) is 0.737. The Kier molecular flexibility index (Phi) is 8.10. The molecular weight excluding hydrogens is 251 g/mol. The second kappa shape index (κ2) is 7.80. The predicted molar refractivity (Wildman–Crippen MR) is 69.8 cm³/mol. The molecule has 0 aliphatic heterocycles. The molecule has 15 heavy (non-hydrogen) atoms. The summed E-state index contributed by atoms with van der Waals surface area (Å²) in [5.74, 6) is 0.618. The fraction of sp³-hybridized carbons (Fsp3) is 0.889. The molecule has 0 unspecified atom stereocenters. The van der Waals surface area contributed by atoms with Crippen molar-refractivity contribution in [3.05, 3.63) is 0 Å². The van der Waals surface area contributed by atoms with Crippen molar-refractivity contribution in [3.8, 4) is 0 Å². The van der Waals surface area contributed by atoms with Crippen molar-refractivity contribution in [2.24, 2.45) is 5.92 Å². The van der Waals surface area contributed by atoms with Gasteiger partial charge in [-0.25, -0.2) is 0 Å². The molecule has 6 heteroatoms. The van der Waals surface area contributed by atoms with Gasteiger partial charge in [0.05, 0.1) is 19.0 Å². The van der Waals surface area contributed by atoms with Crippen LogP contribution in [0, 0.1) is 5.92 Å². The van der Waals surface area contributed by atoms with E-state index >= 15 is 0 Å². The maximum atomic E-state index is 11.4. The molecule has 0 amide bonds. The summed E-state index contributed by atoms with van der Waals surface area (Å²) in [6, 6.07) is 0. The van der Waals surface area contributed by atoms with Crippen LogP contribution in [0.25, 0.3) is 0 Å². The zero-order chi connectivity index (χ0) is 11.9. The molecular formula is C9H19O3PS2. The van der Waals surface area contributed by atoms with Crippen molar-refractivity contribution in [1.82, 2.24) is 0 Å². The minimum absolute atomic E-state index is 0.0456. The fourth-order valence-corrected chi connectivity index (χ4v) is 5.25. The summed E-state index contributed by atoms with van der Waals surface area (Å²) >= 11 is 6.62. The lowest BCUT2D eigenvalue weighted by atomic mass is 10.1. The molecule has 0 rings (SSSR count). The van der Waals surface area contributed by atoms with Crippen LogP contribution in [-0.2, 0) is 25.6 Å². The van der Waals surface area contributed by atoms with Gasteiger partial charge in [0.25, 0.3) is 0 Å². The Bertz CT molecular complexity index is 234. The molecule has 0 aromatic heterocycles. The third-order valence-corrected chi connectivity index (χ3v) is 7.01. The highest BCUT2D eigenvalue weighted by molar-refractivity contribution is 8.68. The van der Waals surface area contributed by atoms with Gasteiger partial charge in [0.2, 0.25) is 5.69 Å². The Balaban J connectivity index is 4.18. The number of carbonyl (C=O) groups excluding carboxylic acids is 1. The van der Waals surface area contributed by atoms with Crippen LogP contribution in [0.3, 0.4) is 0 Å². The number of Topliss-reactive ketones (excluding diaryl/α,β-unsaturated/α-hetero) is 1. The monoisotopic (exact) mass is 270 g/mol. The highest BCUT2D eigenvalue weighted by Gasteiger charge is 2.21. The van der Waals surface area contributed by atoms with Gasteiger partial charge in [0.1, 0.15) is 5.78 Å². The van der Waals surface area contributed by atoms with Gasteiger partial charge in [0, 0.05) is 5.92 Å². The van der Waals surface area contributed by atoms with E-state index in [4.69, 9.17) is 20.9 Å². The van der Waals surface area contributed by atoms with Crippen LogP contribution >= 0.6 is 17.1 Å². The summed E-state index contributed by atoms with van der Waals surface area (Å²) in [4.78, 5) is 11.4. The molecule has 0 heterocycles. The number of rotatable bonds is 8. The third-order valence-electron chi connectivity index (χ3n) is 1.58. The summed E-state index contributed by atoms with van der Waals surface area (Å²) in [5.41, 5.74) is -2.28. The number of carbonyl (C=O) groups is 1. The first-order valence-corrected chi connectivity index (χ1v) is 9.24. The zero-order valence-corrected chi connectivity index (χ0v) is 12.2. The summed E-state index contributed by atoms with van der Waals surface area (Å²) in [5, 5.41) is 0. The third kappa shape index (κ3) is 6.69. The molecule has 0 N–H and O–H groups in total. The first-order valence-electron chi connectivity index (χ1n) is 5.01. The molecule has 0 radical (unpaired) electrons. The van der Waals surface area contributed by atoms with E-state index in [0.29, 0.717) is 19.0 Å². The first-order chi connectivity index (χ1) is 6.95. The highest BCUT2D eigenvalue weighted by Crippen LogP contribution is 2.60. The Morgan fingerprint density at radius 3 is 2.13 bits per heavy atom. The van der Waals surface area contributed by atoms with E-state index < -0.39 is 5.69 Å². The minimum atomic E-state index is -2.28. The molecule has 3 nitrogen and oxygen atoms in total. The van der Waals surface area contributed by atoms with E-state index in [1.807, 2.05) is 27.7 Å². The number of hydrogen-bond donors (Lipinski definition) is 0. The Morgan fingerprint density at radius 1 is 1.33 bits per heavy atom. The summed E-state index contributed by atoms with van der Waals surface area (Å²) in [6.07, 6.45) is 0. The smallest absolute Gasteiger partial charge is 0.247 e. The molecule has 0 aliphatic rings. The van der Waals surface area contributed by atoms with Gasteiger partial charge in [-0.2, -0.15) is 0 Å². The van der Waals surface area contributed by atoms with E-state index in [1.54, 1.807) is 0 Å². The second-order valence-corrected chi connectivity index (χ2v) is 9.49. The minimum Gasteiger partial charge on any atom is -0.322 e. The first kappa shape index (κ1) is 15.6. The standard InChI is InChI=1S/C9H19O3PS2/c1-5-11-13(14,12-6-2)15-7-9(10)8(3)4/h8H,5-7H2,1-4H3. The molecule has 0 atom stereocenters. The van der Waals surface area contributed by atoms with Crippen molar-refractivity contribution < 1.29 is 13.8 Å². The maximum absolute atomic E-state index is 11.4. The van der Waals surface area contributed by atoms with Crippen molar-refractivity contribution in [3.63, 3.8) is 0 Å². The quantitative estimate of drug-likeness (QED) is 0.633. The predicted octanol–water partition coefficient (Wildman–Crippen LogP) is 3.24. The van der Waals surface area contributed by atoms with Crippen LogP contribution < -0.4 is 0 Å². The van der Waals surface area contributed by atoms with Crippen molar-refractivity contribution in [2.45, 2.75) is 27.7 Å². The molecule has 0 aromatic rings. The second-order valence-electron chi connectivity index (χ2n) is 3.18. The van der Waals surface area contributed by atoms with Crippen LogP contribution in [0.15, 0.2) is 0 Å². The van der Waals surface area contributed by atoms with Crippen molar-refractivity contribution >= 4 is 34.7 Å². The van der Waals surface area contributed by atoms with Crippen LogP contribution in [-0.4, -0.2) is 24.7 Å². The Labute approximate surface area is 101 Å². The van der Waals surface area contributed by atoms with E-state index in [2.05, 4.69) is 0 Å². The average Bonchev–Trinajstić information content (AvgIpc) is 2.15. The summed E-state index contributed by atoms with van der Waals surface area (Å²) in [6.45, 7) is 8.58. The summed E-state index contributed by atoms with van der Waals surface area (Å²) < 4.78 is 10.8. The molecule has 0 aliphatic carbocycles. The Morgan fingerprint density at radius 2 is 1.80 bits per heavy atom. The SMILES string of the molecule is CCOP(=S)(OCC)SCC(=O)C(C)C. The number of ketones is 1. The topological polar surface area (TPSA) is 35.5 Å². The molecule has 0 fully saturated rings. The molecule has 0 saturated heterocycles. The highest BCUT2D eigenvalue weighted by atomic mass is 32.9. The lowest BCUT2D eigenvalue weighted by molar-refractivity contribution is -0.119. The molecule has 0 spiro atoms. The van der Waals surface area contributed by atoms with Crippen LogP contribution in [0.4, 0.5) is 0 Å². The zero-order valence-electron chi connectivity index (χ0n) is 9.69. The van der Waals surface area contributed by atoms with Gasteiger partial charge < -0.3 is 9.05 Å². The van der Waals surface area contributed by atoms with Crippen LogP contribution in [0.5, 0.6) is 0 Å². The average molecular weight is 270 g/mol. The maximum Gasteiger partial charge on any atom is 0.247 e. The Hall–Kier alpha value is 0.590. The lowest BCUT2D eigenvalue weighted by Crippen LogP contribution is -2.09. The molecule has 0 bridgehead atoms. The van der Waals surface area contributed by atoms with Crippen LogP contribution in [0.1, 0.15) is 27.7 Å². The molecule has 90 valence electrons. The summed E-state index contributed by atoms with van der Waals surface area (Å²) in [7, 11) is 0. The van der Waals surface area contributed by atoms with Gasteiger partial charge >= 0.3 is 0 Å². The van der Waals surface area contributed by atoms with Gasteiger partial charge in [-0.3, -0.25) is 4.79 Å². The lowest BCUT2D eigenvalue weighted by Gasteiger charge is -2.19. The van der Waals surface area contributed by atoms with Gasteiger partial charge in [-0.1, -0.05) is 25.2 Å². The van der Waals surface area contributed by atoms with Gasteiger partial charge in [-0.05, 0) is 25.7 Å². The van der Waals surface area contributed by atoms with Crippen molar-refractivity contribution in [2.75, 3.05) is 19.0 Å². The van der Waals surface area contributed by atoms with E-state index in [-0.39, 0.29) is 11.7 Å². The van der Waals surface area contributed by atoms with E-state index in [1.165, 1.54) is 11.4 Å². The molecule has 0 aromatic carbocycles. The van der Waals surface area contributed by atoms with E-state index in [0.717, 1.165) is 0 Å². The normalized spacial score (nSPS) is 12.1.